The maximum Gasteiger partial charge on any atom is 0.233 e. The summed E-state index contributed by atoms with van der Waals surface area (Å²) in [5.74, 6) is 0.200. The molecule has 1 N–H and O–H groups in total. The molecule has 1 unspecified atom stereocenters. The van der Waals surface area contributed by atoms with Gasteiger partial charge in [0.25, 0.3) is 0 Å². The zero-order chi connectivity index (χ0) is 17.8. The van der Waals surface area contributed by atoms with Gasteiger partial charge in [-0.15, -0.1) is 11.3 Å². The molecule has 128 valence electrons. The first kappa shape index (κ1) is 17.1. The summed E-state index contributed by atoms with van der Waals surface area (Å²) in [5.41, 5.74) is 1.32. The minimum Gasteiger partial charge on any atom is -0.496 e. The van der Waals surface area contributed by atoms with E-state index in [9.17, 15) is 9.18 Å². The monoisotopic (exact) mass is 356 g/mol. The van der Waals surface area contributed by atoms with Crippen LogP contribution in [-0.2, 0) is 4.79 Å². The maximum atomic E-state index is 13.6. The number of rotatable bonds is 5. The number of halogens is 1. The van der Waals surface area contributed by atoms with Crippen molar-refractivity contribution in [2.24, 2.45) is 0 Å². The van der Waals surface area contributed by atoms with Crippen molar-refractivity contribution in [1.82, 2.24) is 4.98 Å². The molecule has 0 bridgehead atoms. The molecule has 0 radical (unpaired) electrons. The number of anilines is 1. The smallest absolute Gasteiger partial charge is 0.233 e. The van der Waals surface area contributed by atoms with Crippen LogP contribution in [0.5, 0.6) is 5.75 Å². The van der Waals surface area contributed by atoms with Gasteiger partial charge in [0.1, 0.15) is 17.4 Å². The van der Waals surface area contributed by atoms with E-state index in [1.54, 1.807) is 24.4 Å². The quantitative estimate of drug-likeness (QED) is 0.721. The van der Waals surface area contributed by atoms with E-state index in [1.165, 1.54) is 30.6 Å². The number of pyridine rings is 1. The lowest BCUT2D eigenvalue weighted by Gasteiger charge is -2.12. The van der Waals surface area contributed by atoms with E-state index in [2.05, 4.69) is 10.3 Å². The molecule has 0 saturated heterocycles. The number of hydrogen-bond donors (Lipinski definition) is 1. The molecule has 0 aliphatic carbocycles. The number of amides is 1. The Morgan fingerprint density at radius 1 is 1.28 bits per heavy atom. The predicted molar refractivity (Wildman–Crippen MR) is 97.5 cm³/mol. The van der Waals surface area contributed by atoms with Crippen molar-refractivity contribution in [1.29, 1.82) is 0 Å². The molecule has 6 heteroatoms. The molecule has 3 aromatic rings. The number of hydrogen-bond acceptors (Lipinski definition) is 4. The van der Waals surface area contributed by atoms with Crippen LogP contribution in [0.4, 0.5) is 10.2 Å². The lowest BCUT2D eigenvalue weighted by molar-refractivity contribution is -0.117. The fourth-order valence-electron chi connectivity index (χ4n) is 2.47. The molecular weight excluding hydrogens is 339 g/mol. The Balaban J connectivity index is 1.85. The third-order valence-electron chi connectivity index (χ3n) is 3.85. The molecule has 2 heterocycles. The highest BCUT2D eigenvalue weighted by Crippen LogP contribution is 2.31. The number of methoxy groups -OCH3 is 1. The zero-order valence-corrected chi connectivity index (χ0v) is 14.6. The van der Waals surface area contributed by atoms with Gasteiger partial charge in [0.05, 0.1) is 13.0 Å². The van der Waals surface area contributed by atoms with Gasteiger partial charge in [-0.3, -0.25) is 4.79 Å². The molecule has 3 rings (SSSR count). The van der Waals surface area contributed by atoms with E-state index in [0.717, 1.165) is 4.88 Å². The highest BCUT2D eigenvalue weighted by Gasteiger charge is 2.17. The van der Waals surface area contributed by atoms with Crippen LogP contribution >= 0.6 is 11.3 Å². The normalized spacial score (nSPS) is 11.8. The average molecular weight is 356 g/mol. The van der Waals surface area contributed by atoms with Crippen LogP contribution in [0.25, 0.3) is 11.1 Å². The number of carbonyl (C=O) groups is 1. The van der Waals surface area contributed by atoms with E-state index in [-0.39, 0.29) is 17.6 Å². The number of nitrogens with zero attached hydrogens (tertiary/aromatic N) is 1. The fraction of sp³-hybridized carbons (Fsp3) is 0.158. The average Bonchev–Trinajstić information content (AvgIpc) is 3.16. The van der Waals surface area contributed by atoms with E-state index in [4.69, 9.17) is 4.74 Å². The van der Waals surface area contributed by atoms with Crippen molar-refractivity contribution in [3.8, 4) is 16.9 Å². The first-order valence-corrected chi connectivity index (χ1v) is 8.60. The molecule has 4 nitrogen and oxygen atoms in total. The molecule has 1 amide bonds. The summed E-state index contributed by atoms with van der Waals surface area (Å²) in [6, 6.07) is 11.6. The Labute approximate surface area is 149 Å². The summed E-state index contributed by atoms with van der Waals surface area (Å²) < 4.78 is 18.9. The number of carbonyl (C=O) groups excluding carboxylic acids is 1. The molecule has 0 saturated carbocycles. The van der Waals surface area contributed by atoms with E-state index in [0.29, 0.717) is 22.7 Å². The highest BCUT2D eigenvalue weighted by atomic mass is 32.1. The van der Waals surface area contributed by atoms with Crippen LogP contribution in [-0.4, -0.2) is 18.0 Å². The second-order valence-electron chi connectivity index (χ2n) is 5.50. The Morgan fingerprint density at radius 3 is 2.84 bits per heavy atom. The molecule has 0 aliphatic rings. The predicted octanol–water partition coefficient (Wildman–Crippen LogP) is 4.70. The number of aromatic nitrogens is 1. The van der Waals surface area contributed by atoms with Gasteiger partial charge in [0, 0.05) is 16.6 Å². The van der Waals surface area contributed by atoms with Gasteiger partial charge in [-0.05, 0) is 54.3 Å². The summed E-state index contributed by atoms with van der Waals surface area (Å²) in [6.45, 7) is 1.85. The molecule has 2 aromatic heterocycles. The number of thiophene rings is 1. The number of benzene rings is 1. The van der Waals surface area contributed by atoms with E-state index in [1.807, 2.05) is 24.4 Å². The molecule has 1 aromatic carbocycles. The summed E-state index contributed by atoms with van der Waals surface area (Å²) >= 11 is 1.54. The first-order valence-electron chi connectivity index (χ1n) is 7.72. The molecule has 1 atom stereocenters. The van der Waals surface area contributed by atoms with E-state index >= 15 is 0 Å². The van der Waals surface area contributed by atoms with Crippen LogP contribution < -0.4 is 10.1 Å². The minimum atomic E-state index is -0.357. The Bertz CT molecular complexity index is 881. The third kappa shape index (κ3) is 3.85. The summed E-state index contributed by atoms with van der Waals surface area (Å²) in [4.78, 5) is 17.6. The van der Waals surface area contributed by atoms with Crippen molar-refractivity contribution >= 4 is 23.1 Å². The number of nitrogens with one attached hydrogen (secondary N) is 1. The van der Waals surface area contributed by atoms with Crippen molar-refractivity contribution < 1.29 is 13.9 Å². The molecule has 0 fully saturated rings. The molecular formula is C19H17FN2O2S. The highest BCUT2D eigenvalue weighted by molar-refractivity contribution is 7.10. The Kier molecular flexibility index (Phi) is 5.09. The second-order valence-corrected chi connectivity index (χ2v) is 6.48. The van der Waals surface area contributed by atoms with Crippen molar-refractivity contribution in [3.63, 3.8) is 0 Å². The topological polar surface area (TPSA) is 51.2 Å². The first-order chi connectivity index (χ1) is 12.1. The summed E-state index contributed by atoms with van der Waals surface area (Å²) in [7, 11) is 1.53. The molecule has 25 heavy (non-hydrogen) atoms. The van der Waals surface area contributed by atoms with Gasteiger partial charge < -0.3 is 10.1 Å². The SMILES string of the molecule is COc1ccc(F)cc1-c1ccnc(NC(=O)C(C)c2cccs2)c1. The minimum absolute atomic E-state index is 0.140. The second kappa shape index (κ2) is 7.44. The van der Waals surface area contributed by atoms with Gasteiger partial charge in [-0.1, -0.05) is 6.07 Å². The van der Waals surface area contributed by atoms with Crippen molar-refractivity contribution in [2.75, 3.05) is 12.4 Å². The van der Waals surface area contributed by atoms with Crippen molar-refractivity contribution in [3.05, 3.63) is 64.7 Å². The van der Waals surface area contributed by atoms with Crippen LogP contribution in [0.3, 0.4) is 0 Å². The Hall–Kier alpha value is -2.73. The van der Waals surface area contributed by atoms with Crippen molar-refractivity contribution in [2.45, 2.75) is 12.8 Å². The van der Waals surface area contributed by atoms with Gasteiger partial charge in [-0.2, -0.15) is 0 Å². The summed E-state index contributed by atoms with van der Waals surface area (Å²) in [5, 5.41) is 4.75. The lowest BCUT2D eigenvalue weighted by Crippen LogP contribution is -2.18. The van der Waals surface area contributed by atoms with Crippen LogP contribution in [0.1, 0.15) is 17.7 Å². The van der Waals surface area contributed by atoms with Crippen LogP contribution in [0.2, 0.25) is 0 Å². The Morgan fingerprint density at radius 2 is 2.12 bits per heavy atom. The fourth-order valence-corrected chi connectivity index (χ4v) is 3.26. The van der Waals surface area contributed by atoms with Gasteiger partial charge in [0.15, 0.2) is 0 Å². The largest absolute Gasteiger partial charge is 0.496 e. The van der Waals surface area contributed by atoms with Crippen LogP contribution in [0, 0.1) is 5.82 Å². The van der Waals surface area contributed by atoms with Gasteiger partial charge >= 0.3 is 0 Å². The maximum absolute atomic E-state index is 13.6. The molecule has 0 spiro atoms. The van der Waals surface area contributed by atoms with Crippen LogP contribution in [0.15, 0.2) is 54.0 Å². The van der Waals surface area contributed by atoms with E-state index < -0.39 is 0 Å². The summed E-state index contributed by atoms with van der Waals surface area (Å²) in [6.07, 6.45) is 1.57. The number of ether oxygens (including phenoxy) is 1. The van der Waals surface area contributed by atoms with Gasteiger partial charge in [-0.25, -0.2) is 9.37 Å². The lowest BCUT2D eigenvalue weighted by atomic mass is 10.1. The van der Waals surface area contributed by atoms with Gasteiger partial charge in [0.2, 0.25) is 5.91 Å². The zero-order valence-electron chi connectivity index (χ0n) is 13.8. The molecule has 0 aliphatic heterocycles. The standard InChI is InChI=1S/C19H17FN2O2S/c1-12(17-4-3-9-25-17)19(23)22-18-10-13(7-8-21-18)15-11-14(20)5-6-16(15)24-2/h3-12H,1-2H3,(H,21,22,23). The third-order valence-corrected chi connectivity index (χ3v) is 4.90.